The van der Waals surface area contributed by atoms with Crippen LogP contribution < -0.4 is 24.3 Å². The molecule has 1 aliphatic heterocycles. The van der Waals surface area contributed by atoms with Crippen molar-refractivity contribution in [3.63, 3.8) is 0 Å². The van der Waals surface area contributed by atoms with Crippen molar-refractivity contribution in [1.82, 2.24) is 4.98 Å². The van der Waals surface area contributed by atoms with Crippen LogP contribution in [0, 0.1) is 6.92 Å². The van der Waals surface area contributed by atoms with Crippen molar-refractivity contribution in [2.75, 3.05) is 33.3 Å². The summed E-state index contributed by atoms with van der Waals surface area (Å²) in [6.07, 6.45) is 0.217. The van der Waals surface area contributed by atoms with Crippen molar-refractivity contribution in [2.24, 2.45) is 5.16 Å². The number of ether oxygens (including phenoxy) is 4. The Kier molecular flexibility index (Phi) is 7.76. The van der Waals surface area contributed by atoms with E-state index < -0.39 is 0 Å². The minimum atomic E-state index is -0.314. The third-order valence-electron chi connectivity index (χ3n) is 6.21. The molecule has 5 rings (SSSR count). The topological polar surface area (TPSA) is 100 Å². The Bertz CT molecular complexity index is 1550. The number of aromatic nitrogens is 1. The van der Waals surface area contributed by atoms with Crippen LogP contribution in [0.4, 0.5) is 5.13 Å². The minimum absolute atomic E-state index is 0.167. The summed E-state index contributed by atoms with van der Waals surface area (Å²) in [6.45, 7) is 1.75. The SMILES string of the molecule is COc1cc(C2=NOC(c3ccc(C)c(OCC(=O)Nc4nc5ccc(Cl)cc5s4)c3)C2)cc(OC)c1OC. The van der Waals surface area contributed by atoms with E-state index in [-0.39, 0.29) is 18.6 Å². The molecular formula is C28H26ClN3O6S. The number of carbonyl (C=O) groups is 1. The van der Waals surface area contributed by atoms with Crippen LogP contribution in [0.1, 0.15) is 29.2 Å². The molecule has 0 spiro atoms. The van der Waals surface area contributed by atoms with Crippen molar-refractivity contribution in [1.29, 1.82) is 0 Å². The first kappa shape index (κ1) is 26.6. The zero-order valence-electron chi connectivity index (χ0n) is 21.7. The highest BCUT2D eigenvalue weighted by Crippen LogP contribution is 2.40. The maximum absolute atomic E-state index is 12.6. The largest absolute Gasteiger partial charge is 0.493 e. The molecule has 39 heavy (non-hydrogen) atoms. The predicted molar refractivity (Wildman–Crippen MR) is 151 cm³/mol. The lowest BCUT2D eigenvalue weighted by Gasteiger charge is -2.14. The molecule has 1 amide bonds. The van der Waals surface area contributed by atoms with Gasteiger partial charge in [-0.1, -0.05) is 40.2 Å². The molecule has 0 saturated carbocycles. The van der Waals surface area contributed by atoms with Crippen molar-refractivity contribution >= 4 is 49.9 Å². The first-order valence-corrected chi connectivity index (χ1v) is 13.2. The third kappa shape index (κ3) is 5.71. The molecule has 2 heterocycles. The van der Waals surface area contributed by atoms with Gasteiger partial charge in [-0.25, -0.2) is 4.98 Å². The lowest BCUT2D eigenvalue weighted by atomic mass is 9.98. The number of carbonyl (C=O) groups excluding carboxylic acids is 1. The number of benzene rings is 3. The smallest absolute Gasteiger partial charge is 0.264 e. The fourth-order valence-corrected chi connectivity index (χ4v) is 5.36. The lowest BCUT2D eigenvalue weighted by molar-refractivity contribution is -0.118. The summed E-state index contributed by atoms with van der Waals surface area (Å²) in [4.78, 5) is 22.8. The molecule has 202 valence electrons. The van der Waals surface area contributed by atoms with Crippen LogP contribution >= 0.6 is 22.9 Å². The predicted octanol–water partition coefficient (Wildman–Crippen LogP) is 6.17. The van der Waals surface area contributed by atoms with E-state index in [1.54, 1.807) is 27.4 Å². The Morgan fingerprint density at radius 1 is 1.05 bits per heavy atom. The van der Waals surface area contributed by atoms with Gasteiger partial charge in [0.2, 0.25) is 5.75 Å². The Labute approximate surface area is 234 Å². The molecule has 0 saturated heterocycles. The molecule has 1 N–H and O–H groups in total. The number of hydrogen-bond acceptors (Lipinski definition) is 9. The maximum Gasteiger partial charge on any atom is 0.264 e. The first-order valence-electron chi connectivity index (χ1n) is 12.0. The van der Waals surface area contributed by atoms with Crippen molar-refractivity contribution in [3.05, 3.63) is 70.2 Å². The van der Waals surface area contributed by atoms with Gasteiger partial charge in [0.1, 0.15) is 5.75 Å². The number of thiazole rings is 1. The average molecular weight is 568 g/mol. The molecule has 9 nitrogen and oxygen atoms in total. The molecule has 0 radical (unpaired) electrons. The summed E-state index contributed by atoms with van der Waals surface area (Å²) in [5, 5.41) is 8.21. The van der Waals surface area contributed by atoms with Crippen LogP contribution in [-0.4, -0.2) is 44.5 Å². The average Bonchev–Trinajstić information content (AvgIpc) is 3.58. The molecule has 1 aliphatic rings. The normalized spacial score (nSPS) is 14.5. The summed E-state index contributed by atoms with van der Waals surface area (Å²) in [6, 6.07) is 14.9. The number of nitrogens with one attached hydrogen (secondary N) is 1. The van der Waals surface area contributed by atoms with Crippen molar-refractivity contribution in [2.45, 2.75) is 19.4 Å². The lowest BCUT2D eigenvalue weighted by Crippen LogP contribution is -2.20. The molecule has 1 unspecified atom stereocenters. The number of fused-ring (bicyclic) bond motifs is 1. The van der Waals surface area contributed by atoms with Gasteiger partial charge >= 0.3 is 0 Å². The van der Waals surface area contributed by atoms with E-state index in [0.29, 0.717) is 39.6 Å². The standard InChI is InChI=1S/C28H26ClN3O6S/c1-15-5-6-16(22-13-20(32-38-22)17-10-23(34-2)27(36-4)24(11-17)35-3)9-21(15)37-14-26(33)31-28-30-19-8-7-18(29)12-25(19)39-28/h5-12,22H,13-14H2,1-4H3,(H,30,31,33). The van der Waals surface area contributed by atoms with Gasteiger partial charge < -0.3 is 23.8 Å². The molecule has 11 heteroatoms. The van der Waals surface area contributed by atoms with E-state index in [0.717, 1.165) is 32.6 Å². The van der Waals surface area contributed by atoms with Crippen LogP contribution in [0.25, 0.3) is 10.2 Å². The second kappa shape index (κ2) is 11.4. The number of hydrogen-bond donors (Lipinski definition) is 1. The Hall–Kier alpha value is -4.02. The molecule has 4 aromatic rings. The molecule has 0 fully saturated rings. The molecule has 0 aliphatic carbocycles. The van der Waals surface area contributed by atoms with E-state index in [4.69, 9.17) is 35.4 Å². The number of rotatable bonds is 9. The highest BCUT2D eigenvalue weighted by Gasteiger charge is 2.27. The second-order valence-corrected chi connectivity index (χ2v) is 10.2. The van der Waals surface area contributed by atoms with Gasteiger partial charge in [0, 0.05) is 17.0 Å². The van der Waals surface area contributed by atoms with E-state index >= 15 is 0 Å². The summed E-state index contributed by atoms with van der Waals surface area (Å²) < 4.78 is 23.1. The minimum Gasteiger partial charge on any atom is -0.493 e. The monoisotopic (exact) mass is 567 g/mol. The molecule has 1 atom stereocenters. The fraction of sp³-hybridized carbons (Fsp3) is 0.250. The Balaban J connectivity index is 1.24. The van der Waals surface area contributed by atoms with E-state index in [1.807, 2.05) is 49.4 Å². The van der Waals surface area contributed by atoms with Gasteiger partial charge in [0.25, 0.3) is 5.91 Å². The Morgan fingerprint density at radius 3 is 2.54 bits per heavy atom. The molecular weight excluding hydrogens is 542 g/mol. The Morgan fingerprint density at radius 2 is 1.82 bits per heavy atom. The third-order valence-corrected chi connectivity index (χ3v) is 7.38. The second-order valence-electron chi connectivity index (χ2n) is 8.74. The van der Waals surface area contributed by atoms with E-state index in [9.17, 15) is 4.79 Å². The van der Waals surface area contributed by atoms with Crippen molar-refractivity contribution < 1.29 is 28.6 Å². The molecule has 3 aromatic carbocycles. The van der Waals surface area contributed by atoms with Gasteiger partial charge in [0.15, 0.2) is 29.3 Å². The maximum atomic E-state index is 12.6. The fourth-order valence-electron chi connectivity index (χ4n) is 4.20. The summed E-state index contributed by atoms with van der Waals surface area (Å²) in [5.41, 5.74) is 4.10. The number of methoxy groups -OCH3 is 3. The highest BCUT2D eigenvalue weighted by molar-refractivity contribution is 7.22. The summed E-state index contributed by atoms with van der Waals surface area (Å²) in [7, 11) is 4.70. The van der Waals surface area contributed by atoms with Gasteiger partial charge in [-0.3, -0.25) is 10.1 Å². The van der Waals surface area contributed by atoms with Gasteiger partial charge in [0.05, 0.1) is 37.3 Å². The van der Waals surface area contributed by atoms with Crippen LogP contribution in [-0.2, 0) is 9.63 Å². The number of anilines is 1. The van der Waals surface area contributed by atoms with Gasteiger partial charge in [-0.15, -0.1) is 0 Å². The zero-order chi connectivity index (χ0) is 27.5. The van der Waals surface area contributed by atoms with Gasteiger partial charge in [-0.05, 0) is 54.4 Å². The zero-order valence-corrected chi connectivity index (χ0v) is 23.3. The van der Waals surface area contributed by atoms with Crippen LogP contribution in [0.5, 0.6) is 23.0 Å². The summed E-state index contributed by atoms with van der Waals surface area (Å²) >= 11 is 7.40. The summed E-state index contributed by atoms with van der Waals surface area (Å²) in [5.74, 6) is 1.87. The van der Waals surface area contributed by atoms with Crippen LogP contribution in [0.15, 0.2) is 53.7 Å². The highest BCUT2D eigenvalue weighted by atomic mass is 35.5. The van der Waals surface area contributed by atoms with E-state index in [2.05, 4.69) is 15.5 Å². The first-order chi connectivity index (χ1) is 18.9. The number of halogens is 1. The van der Waals surface area contributed by atoms with Crippen molar-refractivity contribution in [3.8, 4) is 23.0 Å². The number of oxime groups is 1. The number of nitrogens with zero attached hydrogens (tertiary/aromatic N) is 2. The number of aryl methyl sites for hydroxylation is 1. The van der Waals surface area contributed by atoms with Gasteiger partial charge in [-0.2, -0.15) is 0 Å². The number of amides is 1. The quantitative estimate of drug-likeness (QED) is 0.258. The molecule has 0 bridgehead atoms. The van der Waals surface area contributed by atoms with Crippen LogP contribution in [0.3, 0.4) is 0 Å². The molecule has 1 aromatic heterocycles. The van der Waals surface area contributed by atoms with E-state index in [1.165, 1.54) is 11.3 Å². The van der Waals surface area contributed by atoms with Crippen LogP contribution in [0.2, 0.25) is 5.02 Å².